The van der Waals surface area contributed by atoms with Gasteiger partial charge in [0.2, 0.25) is 5.91 Å². The highest BCUT2D eigenvalue weighted by Crippen LogP contribution is 2.33. The monoisotopic (exact) mass is 540 g/mol. The Bertz CT molecular complexity index is 1560. The SMILES string of the molecule is COc1ccc(Cl)c(Nc2nc3ccccc3nc2NS(=O)(=O)c2cccc(NC(=O)CN(C)C)c2)c1. The average Bonchev–Trinajstić information content (AvgIpc) is 2.85. The molecule has 1 heterocycles. The molecule has 0 spiro atoms. The molecule has 0 saturated heterocycles. The van der Waals surface area contributed by atoms with Crippen LogP contribution >= 0.6 is 11.6 Å². The fourth-order valence-corrected chi connectivity index (χ4v) is 4.65. The smallest absolute Gasteiger partial charge is 0.263 e. The molecule has 10 nitrogen and oxygen atoms in total. The van der Waals surface area contributed by atoms with E-state index in [4.69, 9.17) is 16.3 Å². The maximum Gasteiger partial charge on any atom is 0.263 e. The molecule has 0 aliphatic rings. The van der Waals surface area contributed by atoms with Crippen LogP contribution in [0.1, 0.15) is 0 Å². The lowest BCUT2D eigenvalue weighted by molar-refractivity contribution is -0.116. The zero-order valence-electron chi connectivity index (χ0n) is 20.3. The fraction of sp³-hybridized carbons (Fsp3) is 0.160. The number of benzene rings is 3. The lowest BCUT2D eigenvalue weighted by atomic mass is 10.3. The molecule has 0 unspecified atom stereocenters. The second-order valence-electron chi connectivity index (χ2n) is 8.30. The van der Waals surface area contributed by atoms with E-state index in [0.29, 0.717) is 33.2 Å². The van der Waals surface area contributed by atoms with Gasteiger partial charge in [-0.05, 0) is 56.6 Å². The molecule has 3 aromatic carbocycles. The summed E-state index contributed by atoms with van der Waals surface area (Å²) in [6.07, 6.45) is 0. The van der Waals surface area contributed by atoms with Crippen LogP contribution in [0.2, 0.25) is 5.02 Å². The number of sulfonamides is 1. The van der Waals surface area contributed by atoms with Crippen molar-refractivity contribution >= 4 is 61.6 Å². The molecule has 4 aromatic rings. The first-order chi connectivity index (χ1) is 17.6. The molecule has 0 fully saturated rings. The summed E-state index contributed by atoms with van der Waals surface area (Å²) in [5.74, 6) is 0.401. The topological polar surface area (TPSA) is 126 Å². The van der Waals surface area contributed by atoms with E-state index in [-0.39, 0.29) is 29.0 Å². The number of para-hydroxylation sites is 2. The molecule has 1 aromatic heterocycles. The minimum absolute atomic E-state index is 0.0281. The number of carbonyl (C=O) groups excluding carboxylic acids is 1. The number of nitrogens with one attached hydrogen (secondary N) is 3. The van der Waals surface area contributed by atoms with E-state index in [1.54, 1.807) is 73.6 Å². The van der Waals surface area contributed by atoms with Crippen LogP contribution in [0.4, 0.5) is 23.0 Å². The van der Waals surface area contributed by atoms with Crippen molar-refractivity contribution in [3.05, 3.63) is 71.8 Å². The molecule has 0 atom stereocenters. The minimum Gasteiger partial charge on any atom is -0.497 e. The molecular formula is C25H25ClN6O4S. The predicted octanol–water partition coefficient (Wildman–Crippen LogP) is 4.34. The van der Waals surface area contributed by atoms with Crippen molar-refractivity contribution in [3.8, 4) is 5.75 Å². The zero-order valence-corrected chi connectivity index (χ0v) is 21.9. The van der Waals surface area contributed by atoms with Gasteiger partial charge < -0.3 is 20.3 Å². The highest BCUT2D eigenvalue weighted by molar-refractivity contribution is 7.92. The Morgan fingerprint density at radius 1 is 0.973 bits per heavy atom. The molecule has 37 heavy (non-hydrogen) atoms. The van der Waals surface area contributed by atoms with Crippen LogP contribution in [0.25, 0.3) is 11.0 Å². The Balaban J connectivity index is 1.70. The van der Waals surface area contributed by atoms with E-state index in [2.05, 4.69) is 25.3 Å². The number of likely N-dealkylation sites (N-methyl/N-ethyl adjacent to an activating group) is 1. The van der Waals surface area contributed by atoms with Crippen molar-refractivity contribution in [2.45, 2.75) is 4.90 Å². The maximum absolute atomic E-state index is 13.4. The Morgan fingerprint density at radius 3 is 2.35 bits per heavy atom. The molecule has 0 aliphatic carbocycles. The number of fused-ring (bicyclic) bond motifs is 1. The summed E-state index contributed by atoms with van der Waals surface area (Å²) in [6.45, 7) is 0.157. The van der Waals surface area contributed by atoms with Crippen LogP contribution in [0.15, 0.2) is 71.6 Å². The number of anilines is 4. The predicted molar refractivity (Wildman–Crippen MR) is 145 cm³/mol. The van der Waals surface area contributed by atoms with Crippen LogP contribution in [0.5, 0.6) is 5.75 Å². The van der Waals surface area contributed by atoms with Gasteiger partial charge in [0.05, 0.1) is 40.3 Å². The van der Waals surface area contributed by atoms with Gasteiger partial charge in [-0.1, -0.05) is 29.8 Å². The third kappa shape index (κ3) is 6.45. The lowest BCUT2D eigenvalue weighted by Gasteiger charge is -2.15. The largest absolute Gasteiger partial charge is 0.497 e. The first-order valence-electron chi connectivity index (χ1n) is 11.1. The quantitative estimate of drug-likeness (QED) is 0.286. The van der Waals surface area contributed by atoms with Gasteiger partial charge in [-0.3, -0.25) is 9.52 Å². The minimum atomic E-state index is -4.11. The van der Waals surface area contributed by atoms with E-state index in [9.17, 15) is 13.2 Å². The summed E-state index contributed by atoms with van der Waals surface area (Å²) in [7, 11) is 0.941. The van der Waals surface area contributed by atoms with Gasteiger partial charge in [-0.25, -0.2) is 18.4 Å². The second-order valence-corrected chi connectivity index (χ2v) is 10.4. The molecule has 0 saturated carbocycles. The van der Waals surface area contributed by atoms with Crippen LogP contribution in [0, 0.1) is 0 Å². The van der Waals surface area contributed by atoms with Crippen LogP contribution in [0.3, 0.4) is 0 Å². The number of ether oxygens (including phenoxy) is 1. The van der Waals surface area contributed by atoms with Crippen molar-refractivity contribution in [3.63, 3.8) is 0 Å². The van der Waals surface area contributed by atoms with Gasteiger partial charge in [0.1, 0.15) is 5.75 Å². The highest BCUT2D eigenvalue weighted by atomic mass is 35.5. The third-order valence-electron chi connectivity index (χ3n) is 5.12. The Kier molecular flexibility index (Phi) is 7.77. The van der Waals surface area contributed by atoms with Crippen molar-refractivity contribution in [2.24, 2.45) is 0 Å². The number of hydrogen-bond donors (Lipinski definition) is 3. The number of aromatic nitrogens is 2. The summed E-state index contributed by atoms with van der Waals surface area (Å²) < 4.78 is 34.5. The fourth-order valence-electron chi connectivity index (χ4n) is 3.43. The van der Waals surface area contributed by atoms with E-state index in [1.165, 1.54) is 19.2 Å². The molecular weight excluding hydrogens is 516 g/mol. The number of methoxy groups -OCH3 is 1. The van der Waals surface area contributed by atoms with Crippen molar-refractivity contribution < 1.29 is 17.9 Å². The molecule has 4 rings (SSSR count). The standard InChI is InChI=1S/C25H25ClN6O4S/c1-32(2)15-23(33)27-16-7-6-8-18(13-16)37(34,35)31-25-24(28-20-9-4-5-10-21(20)29-25)30-22-14-17(36-3)11-12-19(22)26/h4-14H,15H2,1-3H3,(H,27,33)(H,28,30)(H,29,31). The van der Waals surface area contributed by atoms with Crippen LogP contribution in [-0.4, -0.2) is 56.9 Å². The number of nitrogens with zero attached hydrogens (tertiary/aromatic N) is 3. The van der Waals surface area contributed by atoms with Gasteiger partial charge in [-0.2, -0.15) is 0 Å². The molecule has 1 amide bonds. The first-order valence-corrected chi connectivity index (χ1v) is 13.0. The molecule has 3 N–H and O–H groups in total. The van der Waals surface area contributed by atoms with E-state index < -0.39 is 10.0 Å². The molecule has 192 valence electrons. The Labute approximate surface area is 219 Å². The third-order valence-corrected chi connectivity index (χ3v) is 6.78. The number of hydrogen-bond acceptors (Lipinski definition) is 8. The average molecular weight is 541 g/mol. The van der Waals surface area contributed by atoms with Crippen LogP contribution < -0.4 is 20.1 Å². The Hall–Kier alpha value is -3.93. The van der Waals surface area contributed by atoms with E-state index in [1.807, 2.05) is 0 Å². The summed E-state index contributed by atoms with van der Waals surface area (Å²) >= 11 is 6.35. The van der Waals surface area contributed by atoms with Gasteiger partial charge >= 0.3 is 0 Å². The molecule has 0 bridgehead atoms. The molecule has 0 aliphatic heterocycles. The van der Waals surface area contributed by atoms with E-state index >= 15 is 0 Å². The number of rotatable bonds is 9. The number of halogens is 1. The van der Waals surface area contributed by atoms with Gasteiger partial charge in [-0.15, -0.1) is 0 Å². The second kappa shape index (κ2) is 11.0. The number of carbonyl (C=O) groups is 1. The van der Waals surface area contributed by atoms with Crippen molar-refractivity contribution in [2.75, 3.05) is 43.1 Å². The zero-order chi connectivity index (χ0) is 26.6. The summed E-state index contributed by atoms with van der Waals surface area (Å²) in [5.41, 5.74) is 1.85. The molecule has 0 radical (unpaired) electrons. The van der Waals surface area contributed by atoms with E-state index in [0.717, 1.165) is 0 Å². The lowest BCUT2D eigenvalue weighted by Crippen LogP contribution is -2.27. The van der Waals surface area contributed by atoms with Gasteiger partial charge in [0.25, 0.3) is 10.0 Å². The highest BCUT2D eigenvalue weighted by Gasteiger charge is 2.20. The normalized spacial score (nSPS) is 11.4. The van der Waals surface area contributed by atoms with Crippen molar-refractivity contribution in [1.29, 1.82) is 0 Å². The Morgan fingerprint density at radius 2 is 1.68 bits per heavy atom. The maximum atomic E-state index is 13.4. The first kappa shape index (κ1) is 26.1. The number of amides is 1. The van der Waals surface area contributed by atoms with Crippen molar-refractivity contribution in [1.82, 2.24) is 14.9 Å². The van der Waals surface area contributed by atoms with Gasteiger partial charge in [0.15, 0.2) is 11.6 Å². The molecule has 12 heteroatoms. The summed E-state index contributed by atoms with van der Waals surface area (Å²) in [4.78, 5) is 22.8. The van der Waals surface area contributed by atoms with Gasteiger partial charge in [0, 0.05) is 11.8 Å². The summed E-state index contributed by atoms with van der Waals surface area (Å²) in [5, 5.41) is 6.14. The van der Waals surface area contributed by atoms with Crippen LogP contribution in [-0.2, 0) is 14.8 Å². The summed E-state index contributed by atoms with van der Waals surface area (Å²) in [6, 6.07) is 18.0.